The Morgan fingerprint density at radius 2 is 1.82 bits per heavy atom. The van der Waals surface area contributed by atoms with Crippen LogP contribution in [0.3, 0.4) is 0 Å². The van der Waals surface area contributed by atoms with Crippen LogP contribution in [0.1, 0.15) is 0 Å². The van der Waals surface area contributed by atoms with Gasteiger partial charge in [0.05, 0.1) is 6.61 Å². The van der Waals surface area contributed by atoms with E-state index in [0.29, 0.717) is 0 Å². The Balaban J connectivity index is 4.00. The minimum Gasteiger partial charge on any atom is -0.394 e. The van der Waals surface area contributed by atoms with Crippen molar-refractivity contribution < 1.29 is 29.6 Å². The molecule has 0 aromatic rings. The number of aliphatic hydroxyl groups excluding tert-OH is 4. The first kappa shape index (κ1) is 10.4. The van der Waals surface area contributed by atoms with Crippen molar-refractivity contribution in [2.24, 2.45) is 0 Å². The maximum atomic E-state index is 11.6. The van der Waals surface area contributed by atoms with Crippen molar-refractivity contribution in [3.63, 3.8) is 0 Å². The highest BCUT2D eigenvalue weighted by molar-refractivity contribution is 5.73. The third-order valence-corrected chi connectivity index (χ3v) is 1.14. The van der Waals surface area contributed by atoms with Crippen LogP contribution in [0.4, 0.5) is 4.39 Å². The zero-order chi connectivity index (χ0) is 9.02. The second-order valence-corrected chi connectivity index (χ2v) is 1.99. The molecule has 0 aromatic carbocycles. The zero-order valence-corrected chi connectivity index (χ0v) is 5.51. The summed E-state index contributed by atoms with van der Waals surface area (Å²) in [6, 6.07) is -2.15. The molecule has 0 aliphatic carbocycles. The molecule has 66 valence electrons. The molecule has 0 fully saturated rings. The predicted octanol–water partition coefficient (Wildman–Crippen LogP) is -2.44. The molecule has 0 heterocycles. The van der Waals surface area contributed by atoms with Crippen LogP contribution in [0.2, 0.25) is 0 Å². The number of carbonyl (C=O) groups is 1. The van der Waals surface area contributed by atoms with Gasteiger partial charge in [0.25, 0.3) is 0 Å². The fourth-order valence-electron chi connectivity index (χ4n) is 0.453. The average molecular weight is 168 g/mol. The minimum absolute atomic E-state index is 0.856. The molecule has 5 nitrogen and oxygen atoms in total. The van der Waals surface area contributed by atoms with Crippen molar-refractivity contribution in [1.82, 2.24) is 0 Å². The Labute approximate surface area is 61.7 Å². The number of carbonyl (C=O) groups excluding carboxylic acids is 1. The van der Waals surface area contributed by atoms with E-state index in [0.717, 1.165) is 0 Å². The molecule has 3 atom stereocenters. The smallest absolute Gasteiger partial charge is 0.332 e. The lowest BCUT2D eigenvalue weighted by Gasteiger charge is -2.17. The second kappa shape index (κ2) is 4.35. The Morgan fingerprint density at radius 1 is 1.36 bits per heavy atom. The number of hydrogen-bond acceptors (Lipinski definition) is 5. The largest absolute Gasteiger partial charge is 0.394 e. The fourth-order valence-corrected chi connectivity index (χ4v) is 0.453. The van der Waals surface area contributed by atoms with Crippen molar-refractivity contribution >= 4 is 6.04 Å². The van der Waals surface area contributed by atoms with Crippen molar-refractivity contribution in [2.45, 2.75) is 18.3 Å². The minimum atomic E-state index is -2.29. The maximum absolute atomic E-state index is 11.6. The van der Waals surface area contributed by atoms with Gasteiger partial charge in [-0.2, -0.15) is 4.39 Å². The molecule has 11 heavy (non-hydrogen) atoms. The number of rotatable bonds is 4. The molecule has 4 N–H and O–H groups in total. The first-order valence-electron chi connectivity index (χ1n) is 2.85. The molecule has 0 aromatic heterocycles. The molecule has 0 bridgehead atoms. The van der Waals surface area contributed by atoms with Crippen LogP contribution < -0.4 is 0 Å². The van der Waals surface area contributed by atoms with Crippen molar-refractivity contribution in [1.29, 1.82) is 0 Å². The van der Waals surface area contributed by atoms with E-state index in [1.165, 1.54) is 0 Å². The standard InChI is InChI=1S/C5H9FO5/c6-5(11)4(10)3(9)2(8)1-7/h2-4,7-10H,1H2. The highest BCUT2D eigenvalue weighted by Crippen LogP contribution is 2.01. The first-order valence-corrected chi connectivity index (χ1v) is 2.85. The number of aliphatic hydroxyl groups is 4. The van der Waals surface area contributed by atoms with Gasteiger partial charge in [0.2, 0.25) is 0 Å². The van der Waals surface area contributed by atoms with Gasteiger partial charge in [0, 0.05) is 0 Å². The van der Waals surface area contributed by atoms with Gasteiger partial charge in [-0.15, -0.1) is 0 Å². The molecule has 0 spiro atoms. The van der Waals surface area contributed by atoms with Crippen LogP contribution in [0.5, 0.6) is 0 Å². The van der Waals surface area contributed by atoms with Crippen LogP contribution in [0.25, 0.3) is 0 Å². The second-order valence-electron chi connectivity index (χ2n) is 1.99. The molecule has 0 aliphatic rings. The monoisotopic (exact) mass is 168 g/mol. The van der Waals surface area contributed by atoms with Gasteiger partial charge in [-0.25, -0.2) is 0 Å². The molecule has 0 rings (SSSR count). The first-order chi connectivity index (χ1) is 5.00. The lowest BCUT2D eigenvalue weighted by molar-refractivity contribution is -0.151. The van der Waals surface area contributed by atoms with E-state index in [1.54, 1.807) is 0 Å². The van der Waals surface area contributed by atoms with Gasteiger partial charge < -0.3 is 20.4 Å². The van der Waals surface area contributed by atoms with Crippen molar-refractivity contribution in [2.75, 3.05) is 6.61 Å². The molecule has 3 unspecified atom stereocenters. The molecule has 0 saturated carbocycles. The van der Waals surface area contributed by atoms with Crippen LogP contribution >= 0.6 is 0 Å². The van der Waals surface area contributed by atoms with Gasteiger partial charge in [-0.1, -0.05) is 0 Å². The highest BCUT2D eigenvalue weighted by Gasteiger charge is 2.29. The quantitative estimate of drug-likeness (QED) is 0.349. The lowest BCUT2D eigenvalue weighted by atomic mass is 10.1. The third kappa shape index (κ3) is 2.89. The highest BCUT2D eigenvalue weighted by atomic mass is 19.1. The van der Waals surface area contributed by atoms with E-state index in [9.17, 15) is 9.18 Å². The Kier molecular flexibility index (Phi) is 4.12. The van der Waals surface area contributed by atoms with Gasteiger partial charge in [0.15, 0.2) is 6.10 Å². The summed E-state index contributed by atoms with van der Waals surface area (Å²) in [7, 11) is 0. The summed E-state index contributed by atoms with van der Waals surface area (Å²) in [6.45, 7) is -0.856. The molecule has 6 heteroatoms. The Bertz CT molecular complexity index is 139. The number of halogens is 1. The fraction of sp³-hybridized carbons (Fsp3) is 0.800. The van der Waals surface area contributed by atoms with Crippen molar-refractivity contribution in [3.05, 3.63) is 0 Å². The Morgan fingerprint density at radius 3 is 2.09 bits per heavy atom. The Hall–Kier alpha value is -0.560. The summed E-state index contributed by atoms with van der Waals surface area (Å²) in [6.07, 6.45) is -6.00. The van der Waals surface area contributed by atoms with Crippen LogP contribution in [0, 0.1) is 0 Å². The summed E-state index contributed by atoms with van der Waals surface area (Å²) in [5.74, 6) is 0. The van der Waals surface area contributed by atoms with E-state index in [1.807, 2.05) is 0 Å². The molecule has 0 radical (unpaired) electrons. The lowest BCUT2D eigenvalue weighted by Crippen LogP contribution is -2.42. The maximum Gasteiger partial charge on any atom is 0.332 e. The molecule has 0 aliphatic heterocycles. The average Bonchev–Trinajstić information content (AvgIpc) is 2.00. The topological polar surface area (TPSA) is 98.0 Å². The van der Waals surface area contributed by atoms with Gasteiger partial charge >= 0.3 is 6.04 Å². The summed E-state index contributed by atoms with van der Waals surface area (Å²) in [4.78, 5) is 9.74. The molecular weight excluding hydrogens is 159 g/mol. The van der Waals surface area contributed by atoms with Crippen molar-refractivity contribution in [3.8, 4) is 0 Å². The van der Waals surface area contributed by atoms with E-state index < -0.39 is 31.0 Å². The molecule has 0 saturated heterocycles. The van der Waals surface area contributed by atoms with E-state index >= 15 is 0 Å². The predicted molar refractivity (Wildman–Crippen MR) is 31.2 cm³/mol. The van der Waals surface area contributed by atoms with E-state index in [2.05, 4.69) is 0 Å². The van der Waals surface area contributed by atoms with Crippen LogP contribution in [0.15, 0.2) is 0 Å². The normalized spacial score (nSPS) is 19.0. The van der Waals surface area contributed by atoms with E-state index in [4.69, 9.17) is 20.4 Å². The molecule has 0 amide bonds. The van der Waals surface area contributed by atoms with E-state index in [-0.39, 0.29) is 0 Å². The summed E-state index contributed by atoms with van der Waals surface area (Å²) >= 11 is 0. The zero-order valence-electron chi connectivity index (χ0n) is 5.51. The van der Waals surface area contributed by atoms with Crippen LogP contribution in [-0.2, 0) is 4.79 Å². The SMILES string of the molecule is O=C(F)C(O)C(O)C(O)CO. The molecular formula is C5H9FO5. The van der Waals surface area contributed by atoms with Gasteiger partial charge in [-0.3, -0.25) is 4.79 Å². The van der Waals surface area contributed by atoms with Crippen LogP contribution in [-0.4, -0.2) is 51.4 Å². The summed E-state index contributed by atoms with van der Waals surface area (Å²) < 4.78 is 11.6. The summed E-state index contributed by atoms with van der Waals surface area (Å²) in [5, 5.41) is 33.8. The van der Waals surface area contributed by atoms with Gasteiger partial charge in [-0.05, 0) is 0 Å². The summed E-state index contributed by atoms with van der Waals surface area (Å²) in [5.41, 5.74) is 0. The third-order valence-electron chi connectivity index (χ3n) is 1.14. The number of hydrogen-bond donors (Lipinski definition) is 4. The van der Waals surface area contributed by atoms with Gasteiger partial charge in [0.1, 0.15) is 12.2 Å².